The van der Waals surface area contributed by atoms with E-state index in [4.69, 9.17) is 0 Å². The van der Waals surface area contributed by atoms with E-state index >= 15 is 0 Å². The van der Waals surface area contributed by atoms with Gasteiger partial charge < -0.3 is 0 Å². The lowest BCUT2D eigenvalue weighted by molar-refractivity contribution is 0.662. The second-order valence-corrected chi connectivity index (χ2v) is 9.39. The molecule has 1 heteroatoms. The second-order valence-electron chi connectivity index (χ2n) is 5.29. The highest BCUT2D eigenvalue weighted by Gasteiger charge is 2.25. The standard InChI is InChI=1S/C15H24Si/c1-4-16(5-2)14-9-10-15-12(3)7-6-8-13(15)11-14/h6-8,14,16H,4-5,9-11H2,1-3H3/t14-/m0/s1. The third-order valence-electron chi connectivity index (χ3n) is 4.47. The van der Waals surface area contributed by atoms with Crippen molar-refractivity contribution >= 4 is 8.80 Å². The summed E-state index contributed by atoms with van der Waals surface area (Å²) in [6, 6.07) is 9.86. The zero-order valence-corrected chi connectivity index (χ0v) is 12.1. The summed E-state index contributed by atoms with van der Waals surface area (Å²) in [4.78, 5) is 0. The van der Waals surface area contributed by atoms with Crippen LogP contribution >= 0.6 is 0 Å². The van der Waals surface area contributed by atoms with Crippen LogP contribution in [0.5, 0.6) is 0 Å². The van der Waals surface area contributed by atoms with E-state index < -0.39 is 8.80 Å². The van der Waals surface area contributed by atoms with Crippen molar-refractivity contribution in [3.8, 4) is 0 Å². The maximum Gasteiger partial charge on any atom is 0.0397 e. The number of fused-ring (bicyclic) bond motifs is 1. The van der Waals surface area contributed by atoms with E-state index in [9.17, 15) is 0 Å². The predicted molar refractivity (Wildman–Crippen MR) is 75.1 cm³/mol. The third-order valence-corrected chi connectivity index (χ3v) is 8.47. The summed E-state index contributed by atoms with van der Waals surface area (Å²) < 4.78 is 0. The number of benzene rings is 1. The van der Waals surface area contributed by atoms with Gasteiger partial charge in [-0.25, -0.2) is 0 Å². The van der Waals surface area contributed by atoms with Crippen molar-refractivity contribution in [2.45, 2.75) is 57.7 Å². The van der Waals surface area contributed by atoms with Crippen LogP contribution in [-0.4, -0.2) is 8.80 Å². The van der Waals surface area contributed by atoms with Crippen molar-refractivity contribution in [3.63, 3.8) is 0 Å². The van der Waals surface area contributed by atoms with Crippen LogP contribution in [0.3, 0.4) is 0 Å². The lowest BCUT2D eigenvalue weighted by atomic mass is 9.88. The van der Waals surface area contributed by atoms with Crippen molar-refractivity contribution in [1.29, 1.82) is 0 Å². The van der Waals surface area contributed by atoms with Crippen LogP contribution in [-0.2, 0) is 12.8 Å². The van der Waals surface area contributed by atoms with E-state index in [0.29, 0.717) is 0 Å². The Balaban J connectivity index is 2.17. The first-order valence-electron chi connectivity index (χ1n) is 6.83. The van der Waals surface area contributed by atoms with Crippen LogP contribution in [0.2, 0.25) is 17.6 Å². The van der Waals surface area contributed by atoms with E-state index in [2.05, 4.69) is 39.0 Å². The second kappa shape index (κ2) is 5.18. The van der Waals surface area contributed by atoms with Gasteiger partial charge in [0.15, 0.2) is 0 Å². The molecular formula is C15H24Si. The molecule has 0 radical (unpaired) electrons. The molecule has 1 atom stereocenters. The summed E-state index contributed by atoms with van der Waals surface area (Å²) in [7, 11) is -0.448. The van der Waals surface area contributed by atoms with Crippen LogP contribution in [0, 0.1) is 6.92 Å². The zero-order valence-electron chi connectivity index (χ0n) is 10.9. The van der Waals surface area contributed by atoms with Crippen molar-refractivity contribution in [2.24, 2.45) is 0 Å². The first kappa shape index (κ1) is 11.9. The molecule has 0 spiro atoms. The summed E-state index contributed by atoms with van der Waals surface area (Å²) in [5, 5.41) is 0. The quantitative estimate of drug-likeness (QED) is 0.688. The van der Waals surface area contributed by atoms with Gasteiger partial charge >= 0.3 is 0 Å². The molecule has 0 aromatic heterocycles. The fourth-order valence-electron chi connectivity index (χ4n) is 3.38. The average molecular weight is 232 g/mol. The Hall–Kier alpha value is -0.563. The zero-order chi connectivity index (χ0) is 11.5. The highest BCUT2D eigenvalue weighted by molar-refractivity contribution is 6.60. The fourth-order valence-corrected chi connectivity index (χ4v) is 6.52. The van der Waals surface area contributed by atoms with Gasteiger partial charge in [0.2, 0.25) is 0 Å². The van der Waals surface area contributed by atoms with Crippen molar-refractivity contribution in [1.82, 2.24) is 0 Å². The highest BCUT2D eigenvalue weighted by Crippen LogP contribution is 2.34. The van der Waals surface area contributed by atoms with E-state index in [1.54, 1.807) is 11.1 Å². The lowest BCUT2D eigenvalue weighted by Crippen LogP contribution is -2.24. The molecule has 1 aromatic carbocycles. The molecular weight excluding hydrogens is 208 g/mol. The first-order valence-corrected chi connectivity index (χ1v) is 9.13. The Labute approximate surface area is 102 Å². The molecule has 16 heavy (non-hydrogen) atoms. The number of hydrogen-bond acceptors (Lipinski definition) is 0. The molecule has 0 unspecified atom stereocenters. The Morgan fingerprint density at radius 3 is 2.69 bits per heavy atom. The largest absolute Gasteiger partial charge is 0.0680 e. The Bertz CT molecular complexity index is 352. The molecule has 0 heterocycles. The van der Waals surface area contributed by atoms with Crippen molar-refractivity contribution < 1.29 is 0 Å². The molecule has 1 aliphatic carbocycles. The normalized spacial score (nSPS) is 19.9. The van der Waals surface area contributed by atoms with Crippen LogP contribution in [0.4, 0.5) is 0 Å². The third kappa shape index (κ3) is 2.24. The number of rotatable bonds is 3. The molecule has 0 bridgehead atoms. The molecule has 0 fully saturated rings. The summed E-state index contributed by atoms with van der Waals surface area (Å²) in [6.07, 6.45) is 4.20. The first-order chi connectivity index (χ1) is 7.76. The Morgan fingerprint density at radius 1 is 1.25 bits per heavy atom. The van der Waals surface area contributed by atoms with Gasteiger partial charge in [0.05, 0.1) is 0 Å². The molecule has 0 nitrogen and oxygen atoms in total. The minimum Gasteiger partial charge on any atom is -0.0680 e. The summed E-state index contributed by atoms with van der Waals surface area (Å²) in [5.74, 6) is 0. The van der Waals surface area contributed by atoms with Crippen molar-refractivity contribution in [2.75, 3.05) is 0 Å². The summed E-state index contributed by atoms with van der Waals surface area (Å²) in [6.45, 7) is 7.09. The van der Waals surface area contributed by atoms with E-state index in [1.807, 2.05) is 0 Å². The fraction of sp³-hybridized carbons (Fsp3) is 0.600. The van der Waals surface area contributed by atoms with Crippen molar-refractivity contribution in [3.05, 3.63) is 34.9 Å². The lowest BCUT2D eigenvalue weighted by Gasteiger charge is -2.30. The predicted octanol–water partition coefficient (Wildman–Crippen LogP) is 4.12. The van der Waals surface area contributed by atoms with Crippen LogP contribution in [0.1, 0.15) is 37.0 Å². The summed E-state index contributed by atoms with van der Waals surface area (Å²) >= 11 is 0. The molecule has 0 amide bonds. The van der Waals surface area contributed by atoms with Gasteiger partial charge in [0.1, 0.15) is 0 Å². The van der Waals surface area contributed by atoms with Gasteiger partial charge in [-0.3, -0.25) is 0 Å². The average Bonchev–Trinajstić information content (AvgIpc) is 2.31. The Morgan fingerprint density at radius 2 is 2.00 bits per heavy atom. The topological polar surface area (TPSA) is 0 Å². The van der Waals surface area contributed by atoms with E-state index in [1.165, 1.54) is 36.9 Å². The molecule has 1 aliphatic rings. The van der Waals surface area contributed by atoms with E-state index in [-0.39, 0.29) is 0 Å². The van der Waals surface area contributed by atoms with Gasteiger partial charge in [0, 0.05) is 8.80 Å². The van der Waals surface area contributed by atoms with Gasteiger partial charge in [-0.2, -0.15) is 0 Å². The molecule has 2 rings (SSSR count). The van der Waals surface area contributed by atoms with Crippen LogP contribution in [0.15, 0.2) is 18.2 Å². The maximum absolute atomic E-state index is 2.41. The minimum atomic E-state index is -0.448. The highest BCUT2D eigenvalue weighted by atomic mass is 28.3. The van der Waals surface area contributed by atoms with Gasteiger partial charge in [0.25, 0.3) is 0 Å². The number of aryl methyl sites for hydroxylation is 1. The Kier molecular flexibility index (Phi) is 3.85. The van der Waals surface area contributed by atoms with Gasteiger partial charge in [-0.1, -0.05) is 44.1 Å². The number of hydrogen-bond donors (Lipinski definition) is 0. The minimum absolute atomic E-state index is 0.448. The maximum atomic E-state index is 2.41. The molecule has 1 aromatic rings. The molecule has 0 saturated heterocycles. The summed E-state index contributed by atoms with van der Waals surface area (Å²) in [5.41, 5.74) is 5.92. The molecule has 88 valence electrons. The SMILES string of the molecule is CC[SiH](CC)[C@H]1CCc2c(C)cccc2C1. The van der Waals surface area contributed by atoms with E-state index in [0.717, 1.165) is 5.54 Å². The van der Waals surface area contributed by atoms with Crippen LogP contribution in [0.25, 0.3) is 0 Å². The monoisotopic (exact) mass is 232 g/mol. The molecule has 0 saturated carbocycles. The van der Waals surface area contributed by atoms with Gasteiger partial charge in [-0.05, 0) is 48.4 Å². The van der Waals surface area contributed by atoms with Crippen LogP contribution < -0.4 is 0 Å². The molecule has 0 N–H and O–H groups in total. The smallest absolute Gasteiger partial charge is 0.0397 e. The van der Waals surface area contributed by atoms with Gasteiger partial charge in [-0.15, -0.1) is 0 Å². The molecule has 0 aliphatic heterocycles.